The lowest BCUT2D eigenvalue weighted by atomic mass is 10.1. The standard InChI is InChI=1S/C22H25BrN4OS/c1-15(2)13-27-20(12-17-7-5-4-6-8-17)25-26-22(27)29-14-21(28)24-19-10-9-16(3)11-18(19)23/h4-11,15H,12-14H2,1-3H3,(H,24,28). The van der Waals surface area contributed by atoms with Crippen molar-refractivity contribution in [2.45, 2.75) is 38.9 Å². The molecule has 3 rings (SSSR count). The van der Waals surface area contributed by atoms with E-state index < -0.39 is 0 Å². The highest BCUT2D eigenvalue weighted by molar-refractivity contribution is 9.10. The molecule has 7 heteroatoms. The summed E-state index contributed by atoms with van der Waals surface area (Å²) in [6.45, 7) is 7.17. The minimum Gasteiger partial charge on any atom is -0.324 e. The molecule has 0 aliphatic rings. The molecule has 1 aromatic heterocycles. The zero-order chi connectivity index (χ0) is 20.8. The number of carbonyl (C=O) groups is 1. The lowest BCUT2D eigenvalue weighted by molar-refractivity contribution is -0.113. The molecule has 152 valence electrons. The van der Waals surface area contributed by atoms with E-state index in [-0.39, 0.29) is 11.7 Å². The molecule has 0 bridgehead atoms. The fraction of sp³-hybridized carbons (Fsp3) is 0.318. The third-order valence-corrected chi connectivity index (χ3v) is 5.90. The lowest BCUT2D eigenvalue weighted by Crippen LogP contribution is -2.16. The Kier molecular flexibility index (Phi) is 7.50. The van der Waals surface area contributed by atoms with Crippen molar-refractivity contribution in [3.05, 3.63) is 70.0 Å². The molecule has 29 heavy (non-hydrogen) atoms. The van der Waals surface area contributed by atoms with Gasteiger partial charge in [0.05, 0.1) is 11.4 Å². The van der Waals surface area contributed by atoms with Crippen LogP contribution in [0, 0.1) is 12.8 Å². The average molecular weight is 473 g/mol. The zero-order valence-electron chi connectivity index (χ0n) is 16.9. The van der Waals surface area contributed by atoms with E-state index in [4.69, 9.17) is 0 Å². The number of nitrogens with zero attached hydrogens (tertiary/aromatic N) is 3. The fourth-order valence-corrected chi connectivity index (χ4v) is 4.28. The number of anilines is 1. The Labute approximate surface area is 184 Å². The maximum Gasteiger partial charge on any atom is 0.234 e. The van der Waals surface area contributed by atoms with Gasteiger partial charge in [0, 0.05) is 17.4 Å². The Balaban J connectivity index is 1.68. The minimum absolute atomic E-state index is 0.0664. The van der Waals surface area contributed by atoms with Crippen LogP contribution in [0.5, 0.6) is 0 Å². The summed E-state index contributed by atoms with van der Waals surface area (Å²) in [5.41, 5.74) is 3.11. The van der Waals surface area contributed by atoms with Gasteiger partial charge >= 0.3 is 0 Å². The van der Waals surface area contributed by atoms with Crippen molar-refractivity contribution >= 4 is 39.3 Å². The molecule has 0 radical (unpaired) electrons. The first kappa shape index (κ1) is 21.6. The fourth-order valence-electron chi connectivity index (χ4n) is 2.92. The number of aromatic nitrogens is 3. The molecule has 1 N–H and O–H groups in total. The Morgan fingerprint density at radius 1 is 1.17 bits per heavy atom. The summed E-state index contributed by atoms with van der Waals surface area (Å²) >= 11 is 4.92. The number of aryl methyl sites for hydroxylation is 1. The average Bonchev–Trinajstić information content (AvgIpc) is 3.04. The van der Waals surface area contributed by atoms with E-state index in [1.165, 1.54) is 17.3 Å². The molecule has 5 nitrogen and oxygen atoms in total. The van der Waals surface area contributed by atoms with Crippen LogP contribution in [0.4, 0.5) is 5.69 Å². The molecule has 0 atom stereocenters. The van der Waals surface area contributed by atoms with Crippen molar-refractivity contribution in [3.63, 3.8) is 0 Å². The summed E-state index contributed by atoms with van der Waals surface area (Å²) in [5.74, 6) is 1.59. The largest absolute Gasteiger partial charge is 0.324 e. The molecule has 0 aliphatic heterocycles. The molecule has 0 saturated carbocycles. The first-order chi connectivity index (χ1) is 13.9. The summed E-state index contributed by atoms with van der Waals surface area (Å²) in [6, 6.07) is 16.1. The van der Waals surface area contributed by atoms with Gasteiger partial charge < -0.3 is 9.88 Å². The van der Waals surface area contributed by atoms with E-state index in [1.54, 1.807) is 0 Å². The smallest absolute Gasteiger partial charge is 0.234 e. The van der Waals surface area contributed by atoms with Gasteiger partial charge in [-0.3, -0.25) is 4.79 Å². The van der Waals surface area contributed by atoms with E-state index >= 15 is 0 Å². The van der Waals surface area contributed by atoms with E-state index in [0.29, 0.717) is 5.92 Å². The number of thioether (sulfide) groups is 1. The maximum absolute atomic E-state index is 12.4. The summed E-state index contributed by atoms with van der Waals surface area (Å²) in [5, 5.41) is 12.5. The summed E-state index contributed by atoms with van der Waals surface area (Å²) in [6.07, 6.45) is 0.726. The van der Waals surface area contributed by atoms with Gasteiger partial charge in [-0.05, 0) is 52.0 Å². The molecule has 1 heterocycles. The summed E-state index contributed by atoms with van der Waals surface area (Å²) < 4.78 is 3.01. The van der Waals surface area contributed by atoms with Gasteiger partial charge in [-0.15, -0.1) is 10.2 Å². The van der Waals surface area contributed by atoms with Crippen LogP contribution in [0.25, 0.3) is 0 Å². The van der Waals surface area contributed by atoms with Crippen molar-refractivity contribution in [1.29, 1.82) is 0 Å². The van der Waals surface area contributed by atoms with Crippen LogP contribution < -0.4 is 5.32 Å². The van der Waals surface area contributed by atoms with Crippen LogP contribution >= 0.6 is 27.7 Å². The van der Waals surface area contributed by atoms with Crippen molar-refractivity contribution in [2.75, 3.05) is 11.1 Å². The van der Waals surface area contributed by atoms with Crippen molar-refractivity contribution < 1.29 is 4.79 Å². The predicted octanol–water partition coefficient (Wildman–Crippen LogP) is 5.33. The molecule has 0 fully saturated rings. The van der Waals surface area contributed by atoms with Crippen LogP contribution in [0.1, 0.15) is 30.8 Å². The molecule has 0 spiro atoms. The van der Waals surface area contributed by atoms with Crippen molar-refractivity contribution in [1.82, 2.24) is 14.8 Å². The highest BCUT2D eigenvalue weighted by atomic mass is 79.9. The Morgan fingerprint density at radius 3 is 2.62 bits per heavy atom. The molecule has 1 amide bonds. The van der Waals surface area contributed by atoms with E-state index in [9.17, 15) is 4.79 Å². The lowest BCUT2D eigenvalue weighted by Gasteiger charge is -2.13. The Bertz CT molecular complexity index is 972. The molecule has 0 aliphatic carbocycles. The van der Waals surface area contributed by atoms with Crippen LogP contribution in [0.15, 0.2) is 58.2 Å². The molecule has 3 aromatic rings. The van der Waals surface area contributed by atoms with Crippen LogP contribution in [0.2, 0.25) is 0 Å². The molecule has 0 saturated heterocycles. The number of nitrogens with one attached hydrogen (secondary N) is 1. The van der Waals surface area contributed by atoms with Gasteiger partial charge in [-0.25, -0.2) is 0 Å². The number of hydrogen-bond acceptors (Lipinski definition) is 4. The second kappa shape index (κ2) is 10.1. The number of benzene rings is 2. The first-order valence-corrected chi connectivity index (χ1v) is 11.3. The van der Waals surface area contributed by atoms with Gasteiger partial charge in [0.25, 0.3) is 0 Å². The number of amides is 1. The maximum atomic E-state index is 12.4. The summed E-state index contributed by atoms with van der Waals surface area (Å²) in [4.78, 5) is 12.4. The van der Waals surface area contributed by atoms with Gasteiger partial charge in [0.1, 0.15) is 5.82 Å². The van der Waals surface area contributed by atoms with Crippen LogP contribution in [0.3, 0.4) is 0 Å². The normalized spacial score (nSPS) is 11.1. The third-order valence-electron chi connectivity index (χ3n) is 4.28. The first-order valence-electron chi connectivity index (χ1n) is 9.57. The molecule has 0 unspecified atom stereocenters. The van der Waals surface area contributed by atoms with Gasteiger partial charge in [-0.2, -0.15) is 0 Å². The number of carbonyl (C=O) groups excluding carboxylic acids is 1. The molecular weight excluding hydrogens is 448 g/mol. The van der Waals surface area contributed by atoms with E-state index in [1.807, 2.05) is 43.3 Å². The quantitative estimate of drug-likeness (QED) is 0.450. The Hall–Kier alpha value is -2.12. The second-order valence-corrected chi connectivity index (χ2v) is 9.18. The zero-order valence-corrected chi connectivity index (χ0v) is 19.3. The number of hydrogen-bond donors (Lipinski definition) is 1. The van der Waals surface area contributed by atoms with Crippen molar-refractivity contribution in [2.24, 2.45) is 5.92 Å². The summed E-state index contributed by atoms with van der Waals surface area (Å²) in [7, 11) is 0. The highest BCUT2D eigenvalue weighted by Gasteiger charge is 2.16. The minimum atomic E-state index is -0.0664. The van der Waals surface area contributed by atoms with Gasteiger partial charge in [-0.1, -0.05) is 62.0 Å². The second-order valence-electron chi connectivity index (χ2n) is 7.39. The number of rotatable bonds is 8. The van der Waals surface area contributed by atoms with Crippen LogP contribution in [-0.4, -0.2) is 26.4 Å². The van der Waals surface area contributed by atoms with Gasteiger partial charge in [0.2, 0.25) is 5.91 Å². The Morgan fingerprint density at radius 2 is 1.93 bits per heavy atom. The monoisotopic (exact) mass is 472 g/mol. The van der Waals surface area contributed by atoms with E-state index in [2.05, 4.69) is 62.0 Å². The molecular formula is C22H25BrN4OS. The van der Waals surface area contributed by atoms with Crippen LogP contribution in [-0.2, 0) is 17.8 Å². The SMILES string of the molecule is Cc1ccc(NC(=O)CSc2nnc(Cc3ccccc3)n2CC(C)C)c(Br)c1. The topological polar surface area (TPSA) is 59.8 Å². The van der Waals surface area contributed by atoms with Crippen molar-refractivity contribution in [3.8, 4) is 0 Å². The van der Waals surface area contributed by atoms with E-state index in [0.717, 1.165) is 39.7 Å². The predicted molar refractivity (Wildman–Crippen MR) is 122 cm³/mol. The molecule has 2 aromatic carbocycles. The highest BCUT2D eigenvalue weighted by Crippen LogP contribution is 2.25. The van der Waals surface area contributed by atoms with Gasteiger partial charge in [0.15, 0.2) is 5.16 Å². The number of halogens is 1. The third kappa shape index (κ3) is 6.18.